The van der Waals surface area contributed by atoms with Crippen molar-refractivity contribution >= 4 is 17.7 Å². The van der Waals surface area contributed by atoms with Crippen LogP contribution >= 0.6 is 0 Å². The Bertz CT molecular complexity index is 1690. The number of carboxylic acid groups (broad SMARTS) is 1. The van der Waals surface area contributed by atoms with Crippen LogP contribution in [0, 0.1) is 56.2 Å². The Labute approximate surface area is 336 Å². The number of esters is 1. The summed E-state index contributed by atoms with van der Waals surface area (Å²) in [6.07, 6.45) is 10.4. The van der Waals surface area contributed by atoms with E-state index in [-0.39, 0.29) is 51.8 Å². The normalized spacial score (nSPS) is 35.9. The quantitative estimate of drug-likeness (QED) is 0.193. The average Bonchev–Trinajstić information content (AvgIpc) is 3.42. The monoisotopic (exact) mass is 777 g/mol. The van der Waals surface area contributed by atoms with E-state index < -0.39 is 28.9 Å². The highest BCUT2D eigenvalue weighted by atomic mass is 16.5. The summed E-state index contributed by atoms with van der Waals surface area (Å²) in [6.45, 7) is 22.4. The molecule has 312 valence electrons. The third kappa shape index (κ3) is 7.09. The number of carbonyl (C=O) groups is 3. The molecule has 0 amide bonds. The molecule has 1 heterocycles. The lowest BCUT2D eigenvalue weighted by Crippen LogP contribution is -2.66. The van der Waals surface area contributed by atoms with E-state index in [0.717, 1.165) is 75.7 Å². The molecule has 0 unspecified atom stereocenters. The lowest BCUT2D eigenvalue weighted by Gasteiger charge is -2.72. The van der Waals surface area contributed by atoms with Gasteiger partial charge in [0.2, 0.25) is 0 Å². The second kappa shape index (κ2) is 15.2. The van der Waals surface area contributed by atoms with E-state index in [2.05, 4.69) is 82.3 Å². The summed E-state index contributed by atoms with van der Waals surface area (Å²) in [5.74, 6) is -0.0142. The van der Waals surface area contributed by atoms with Gasteiger partial charge in [0, 0.05) is 49.6 Å². The largest absolute Gasteiger partial charge is 0.481 e. The van der Waals surface area contributed by atoms with E-state index in [1.807, 2.05) is 6.07 Å². The van der Waals surface area contributed by atoms with Crippen LogP contribution in [0.4, 0.5) is 0 Å². The Morgan fingerprint density at radius 2 is 1.68 bits per heavy atom. The number of hydrogen-bond donors (Lipinski definition) is 2. The van der Waals surface area contributed by atoms with Gasteiger partial charge in [-0.1, -0.05) is 54.0 Å². The molecule has 56 heavy (non-hydrogen) atoms. The number of rotatable bonds is 13. The molecule has 5 aliphatic rings. The van der Waals surface area contributed by atoms with E-state index >= 15 is 0 Å². The van der Waals surface area contributed by atoms with Crippen molar-refractivity contribution in [2.24, 2.45) is 56.2 Å². The molecule has 0 radical (unpaired) electrons. The fraction of sp³-hybridized carbons (Fsp3) is 0.804. The number of fused-ring (bicyclic) bond motifs is 7. The number of aliphatic carboxylic acids is 1. The molecule has 4 saturated carbocycles. The minimum Gasteiger partial charge on any atom is -0.481 e. The Kier molecular flexibility index (Phi) is 11.6. The second-order valence-electron chi connectivity index (χ2n) is 21.3. The molecule has 6 rings (SSSR count). The fourth-order valence-electron chi connectivity index (χ4n) is 13.5. The highest BCUT2D eigenvalue weighted by Gasteiger charge is 2.71. The zero-order valence-electron chi connectivity index (χ0n) is 36.4. The number of likely N-dealkylation sites (N-methyl/N-ethyl adjacent to an activating group) is 1. The van der Waals surface area contributed by atoms with Crippen molar-refractivity contribution in [3.05, 3.63) is 35.4 Å². The van der Waals surface area contributed by atoms with E-state index in [1.165, 1.54) is 5.57 Å². The predicted molar refractivity (Wildman–Crippen MR) is 217 cm³/mol. The first-order valence-electron chi connectivity index (χ1n) is 21.5. The molecule has 0 spiro atoms. The molecule has 0 aromatic carbocycles. The first-order chi connectivity index (χ1) is 26.0. The summed E-state index contributed by atoms with van der Waals surface area (Å²) in [5, 5.41) is 22.3. The maximum atomic E-state index is 14.3. The Morgan fingerprint density at radius 1 is 0.964 bits per heavy atom. The predicted octanol–water partition coefficient (Wildman–Crippen LogP) is 7.59. The number of carboxylic acids is 1. The van der Waals surface area contributed by atoms with Crippen LogP contribution in [0.15, 0.2) is 29.7 Å². The van der Waals surface area contributed by atoms with Gasteiger partial charge in [-0.3, -0.25) is 19.3 Å². The number of hydrogen-bond acceptors (Lipinski definition) is 9. The molecule has 2 N–H and O–H groups in total. The van der Waals surface area contributed by atoms with Crippen LogP contribution in [0.3, 0.4) is 0 Å². The van der Waals surface area contributed by atoms with Crippen molar-refractivity contribution in [2.45, 2.75) is 145 Å². The van der Waals surface area contributed by atoms with Crippen molar-refractivity contribution in [2.75, 3.05) is 33.7 Å². The van der Waals surface area contributed by atoms with E-state index in [1.54, 1.807) is 26.4 Å². The molecule has 9 atom stereocenters. The van der Waals surface area contributed by atoms with Crippen molar-refractivity contribution in [3.8, 4) is 0 Å². The van der Waals surface area contributed by atoms with Crippen LogP contribution in [-0.2, 0) is 25.7 Å². The van der Waals surface area contributed by atoms with Gasteiger partial charge in [-0.15, -0.1) is 0 Å². The fourth-order valence-corrected chi connectivity index (χ4v) is 13.5. The van der Waals surface area contributed by atoms with Crippen molar-refractivity contribution in [3.63, 3.8) is 0 Å². The van der Waals surface area contributed by atoms with Gasteiger partial charge in [-0.05, 0) is 131 Å². The molecule has 4 fully saturated rings. The highest BCUT2D eigenvalue weighted by Crippen LogP contribution is 2.77. The molecule has 0 aliphatic heterocycles. The maximum Gasteiger partial charge on any atom is 0.309 e. The minimum atomic E-state index is -1.17. The van der Waals surface area contributed by atoms with Crippen LogP contribution in [0.25, 0.3) is 0 Å². The number of ketones is 1. The topological polar surface area (TPSA) is 133 Å². The van der Waals surface area contributed by atoms with Gasteiger partial charge in [0.05, 0.1) is 23.6 Å². The van der Waals surface area contributed by atoms with Gasteiger partial charge in [0.15, 0.2) is 5.78 Å². The highest BCUT2D eigenvalue weighted by molar-refractivity contribution is 6.00. The Morgan fingerprint density at radius 3 is 2.30 bits per heavy atom. The van der Waals surface area contributed by atoms with Gasteiger partial charge in [-0.2, -0.15) is 0 Å². The number of aliphatic hydroxyl groups is 1. The molecule has 10 nitrogen and oxygen atoms in total. The van der Waals surface area contributed by atoms with E-state index in [0.29, 0.717) is 31.3 Å². The number of aromatic nitrogens is 2. The zero-order chi connectivity index (χ0) is 41.2. The smallest absolute Gasteiger partial charge is 0.309 e. The minimum absolute atomic E-state index is 0.0331. The van der Waals surface area contributed by atoms with Gasteiger partial charge < -0.3 is 19.8 Å². The lowest BCUT2D eigenvalue weighted by molar-refractivity contribution is -0.235. The lowest BCUT2D eigenvalue weighted by atomic mass is 9.33. The number of ether oxygens (including phenoxy) is 1. The number of aliphatic hydroxyl groups excluding tert-OH is 1. The van der Waals surface area contributed by atoms with Gasteiger partial charge in [0.1, 0.15) is 12.4 Å². The molecule has 0 saturated heterocycles. The SMILES string of the molecule is CC(C)C1=C2[C@H]3CC[C@@H]4[C@@]5(C)CC[C@H](OC(=O)CC(C)(C)C(=O)O)C(C)(C)[C@@H]5CC[C@@]4(C)[C@]3(C)CC[C@@]2([C@@H](O)CN(CCN(C)C)Cc2ccncn2)CC1=O. The average molecular weight is 777 g/mol. The van der Waals surface area contributed by atoms with Gasteiger partial charge in [0.25, 0.3) is 0 Å². The molecule has 1 aromatic heterocycles. The molecular formula is C46H72N4O6. The summed E-state index contributed by atoms with van der Waals surface area (Å²) in [6, 6.07) is 1.94. The second-order valence-corrected chi connectivity index (χ2v) is 21.3. The van der Waals surface area contributed by atoms with Crippen molar-refractivity contribution in [1.29, 1.82) is 0 Å². The number of Topliss-reactive ketones (excluding diaryl/α,β-unsaturated/α-hetero) is 1. The van der Waals surface area contributed by atoms with Crippen molar-refractivity contribution < 1.29 is 29.3 Å². The molecule has 5 aliphatic carbocycles. The van der Waals surface area contributed by atoms with Crippen LogP contribution in [-0.4, -0.2) is 93.6 Å². The third-order valence-corrected chi connectivity index (χ3v) is 16.8. The zero-order valence-corrected chi connectivity index (χ0v) is 36.4. The molecule has 1 aromatic rings. The molecular weight excluding hydrogens is 705 g/mol. The summed E-state index contributed by atoms with van der Waals surface area (Å²) in [4.78, 5) is 52.3. The molecule has 10 heteroatoms. The van der Waals surface area contributed by atoms with Crippen LogP contribution in [0.1, 0.15) is 132 Å². The van der Waals surface area contributed by atoms with Crippen LogP contribution in [0.5, 0.6) is 0 Å². The first-order valence-corrected chi connectivity index (χ1v) is 21.5. The third-order valence-electron chi connectivity index (χ3n) is 16.8. The van der Waals surface area contributed by atoms with Gasteiger partial charge >= 0.3 is 11.9 Å². The summed E-state index contributed by atoms with van der Waals surface area (Å²) in [5.41, 5.74) is 1.28. The summed E-state index contributed by atoms with van der Waals surface area (Å²) in [7, 11) is 4.15. The Balaban J connectivity index is 1.29. The van der Waals surface area contributed by atoms with Crippen LogP contribution in [0.2, 0.25) is 0 Å². The number of allylic oxidation sites excluding steroid dienone is 1. The summed E-state index contributed by atoms with van der Waals surface area (Å²) < 4.78 is 6.19. The number of carbonyl (C=O) groups excluding carboxylic acids is 2. The standard InChI is InChI=1S/C46H72N4O6/c1-29(2)38-32(51)24-46(35(52)27-50(23-22-49(10)11)26-30-16-21-47-28-48-30)20-19-44(8)31(39(38)46)12-13-34-43(7)17-15-36(56-37(53)25-41(3,4)40(54)55)42(5,6)33(43)14-18-45(34,44)9/h16,21,28-29,31,33-36,52H,12-15,17-20,22-27H2,1-11H3,(H,54,55)/t31-,33+,34-,35+,36+,43+,44-,45-,46+/m1/s1. The Hall–Kier alpha value is -2.69. The van der Waals surface area contributed by atoms with E-state index in [9.17, 15) is 24.6 Å². The van der Waals surface area contributed by atoms with E-state index in [4.69, 9.17) is 4.74 Å². The van der Waals surface area contributed by atoms with Gasteiger partial charge in [-0.25, -0.2) is 9.97 Å². The summed E-state index contributed by atoms with van der Waals surface area (Å²) >= 11 is 0. The van der Waals surface area contributed by atoms with Crippen LogP contribution < -0.4 is 0 Å². The van der Waals surface area contributed by atoms with Crippen molar-refractivity contribution in [1.82, 2.24) is 19.8 Å². The maximum absolute atomic E-state index is 14.3. The number of nitrogens with zero attached hydrogens (tertiary/aromatic N) is 4. The first kappa shape index (κ1) is 42.9. The molecule has 0 bridgehead atoms.